The molecule has 1 aromatic rings. The van der Waals surface area contributed by atoms with Gasteiger partial charge in [0, 0.05) is 20.1 Å². The fraction of sp³-hybridized carbons (Fsp3) is 0.571. The van der Waals surface area contributed by atoms with E-state index in [1.165, 1.54) is 0 Å². The molecule has 1 aliphatic rings. The lowest BCUT2D eigenvalue weighted by Crippen LogP contribution is -2.34. The Morgan fingerprint density at radius 1 is 1.42 bits per heavy atom. The van der Waals surface area contributed by atoms with Crippen molar-refractivity contribution >= 4 is 11.6 Å². The average Bonchev–Trinajstić information content (AvgIpc) is 2.60. The summed E-state index contributed by atoms with van der Waals surface area (Å²) in [4.78, 5) is 19.9. The van der Waals surface area contributed by atoms with Crippen molar-refractivity contribution in [1.29, 1.82) is 0 Å². The molecule has 1 unspecified atom stereocenters. The number of pyridine rings is 1. The maximum atomic E-state index is 11.8. The van der Waals surface area contributed by atoms with E-state index < -0.39 is 6.10 Å². The van der Waals surface area contributed by atoms with E-state index in [0.717, 1.165) is 25.2 Å². The zero-order chi connectivity index (χ0) is 13.8. The van der Waals surface area contributed by atoms with Crippen LogP contribution in [0.3, 0.4) is 0 Å². The molecule has 104 valence electrons. The van der Waals surface area contributed by atoms with E-state index in [4.69, 9.17) is 0 Å². The first-order valence-corrected chi connectivity index (χ1v) is 6.74. The van der Waals surface area contributed by atoms with E-state index in [9.17, 15) is 9.90 Å². The van der Waals surface area contributed by atoms with Crippen LogP contribution in [0.5, 0.6) is 0 Å². The number of hydrogen-bond acceptors (Lipinski definition) is 4. The Morgan fingerprint density at radius 3 is 2.84 bits per heavy atom. The lowest BCUT2D eigenvalue weighted by molar-refractivity contribution is -0.127. The van der Waals surface area contributed by atoms with E-state index in [1.54, 1.807) is 11.1 Å². The molecular weight excluding hydrogens is 242 g/mol. The molecule has 19 heavy (non-hydrogen) atoms. The monoisotopic (exact) mass is 263 g/mol. The summed E-state index contributed by atoms with van der Waals surface area (Å²) in [6, 6.07) is 3.77. The van der Waals surface area contributed by atoms with Gasteiger partial charge in [0.2, 0.25) is 5.91 Å². The largest absolute Gasteiger partial charge is 0.387 e. The van der Waals surface area contributed by atoms with Crippen LogP contribution in [-0.4, -0.2) is 47.6 Å². The first kappa shape index (κ1) is 13.8. The summed E-state index contributed by atoms with van der Waals surface area (Å²) in [5.74, 6) is 0.134. The Kier molecular flexibility index (Phi) is 4.37. The number of aliphatic hydroxyl groups excluding tert-OH is 1. The summed E-state index contributed by atoms with van der Waals surface area (Å²) >= 11 is 0. The number of hydrogen-bond donors (Lipinski definition) is 1. The molecule has 0 bridgehead atoms. The highest BCUT2D eigenvalue weighted by Gasteiger charge is 2.19. The highest BCUT2D eigenvalue weighted by Crippen LogP contribution is 2.19. The zero-order valence-electron chi connectivity index (χ0n) is 11.5. The number of rotatable bonds is 3. The van der Waals surface area contributed by atoms with Crippen LogP contribution in [0.15, 0.2) is 18.3 Å². The highest BCUT2D eigenvalue weighted by atomic mass is 16.3. The number of carbonyl (C=O) groups excluding carboxylic acids is 1. The quantitative estimate of drug-likeness (QED) is 0.890. The van der Waals surface area contributed by atoms with Crippen LogP contribution >= 0.6 is 0 Å². The molecule has 1 fully saturated rings. The summed E-state index contributed by atoms with van der Waals surface area (Å²) in [5, 5.41) is 9.72. The van der Waals surface area contributed by atoms with Gasteiger partial charge in [-0.1, -0.05) is 6.92 Å². The van der Waals surface area contributed by atoms with Gasteiger partial charge in [0.15, 0.2) is 0 Å². The zero-order valence-corrected chi connectivity index (χ0v) is 11.5. The second-order valence-electron chi connectivity index (χ2n) is 4.96. The molecule has 0 aliphatic carbocycles. The SMILES string of the molecule is CCC(O)c1ccc(N2CCCN(C)C(=O)C2)cn1. The molecule has 1 aromatic heterocycles. The van der Waals surface area contributed by atoms with Gasteiger partial charge in [-0.2, -0.15) is 0 Å². The molecule has 5 nitrogen and oxygen atoms in total. The van der Waals surface area contributed by atoms with Crippen molar-refractivity contribution in [2.24, 2.45) is 0 Å². The minimum atomic E-state index is -0.508. The lowest BCUT2D eigenvalue weighted by Gasteiger charge is -2.22. The molecule has 1 aliphatic heterocycles. The fourth-order valence-corrected chi connectivity index (χ4v) is 2.20. The summed E-state index contributed by atoms with van der Waals surface area (Å²) < 4.78 is 0. The van der Waals surface area contributed by atoms with Crippen LogP contribution in [0.1, 0.15) is 31.6 Å². The van der Waals surface area contributed by atoms with E-state index >= 15 is 0 Å². The highest BCUT2D eigenvalue weighted by molar-refractivity contribution is 5.81. The number of carbonyl (C=O) groups is 1. The Balaban J connectivity index is 2.11. The third-order valence-corrected chi connectivity index (χ3v) is 3.54. The standard InChI is InChI=1S/C14H21N3O2/c1-3-13(18)12-6-5-11(9-15-12)17-8-4-7-16(2)14(19)10-17/h5-6,9,13,18H,3-4,7-8,10H2,1-2H3. The second kappa shape index (κ2) is 6.02. The van der Waals surface area contributed by atoms with Crippen molar-refractivity contribution in [1.82, 2.24) is 9.88 Å². The Hall–Kier alpha value is -1.62. The average molecular weight is 263 g/mol. The van der Waals surface area contributed by atoms with Gasteiger partial charge in [-0.3, -0.25) is 9.78 Å². The molecule has 0 spiro atoms. The number of likely N-dealkylation sites (N-methyl/N-ethyl adjacent to an activating group) is 1. The maximum absolute atomic E-state index is 11.8. The van der Waals surface area contributed by atoms with Crippen LogP contribution in [0.4, 0.5) is 5.69 Å². The number of aliphatic hydroxyl groups is 1. The van der Waals surface area contributed by atoms with Crippen LogP contribution in [0.2, 0.25) is 0 Å². The van der Waals surface area contributed by atoms with Gasteiger partial charge in [-0.05, 0) is 25.0 Å². The van der Waals surface area contributed by atoms with Gasteiger partial charge in [-0.25, -0.2) is 0 Å². The van der Waals surface area contributed by atoms with Gasteiger partial charge in [0.05, 0.1) is 30.2 Å². The number of anilines is 1. The third kappa shape index (κ3) is 3.23. The fourth-order valence-electron chi connectivity index (χ4n) is 2.20. The first-order chi connectivity index (χ1) is 9.11. The van der Waals surface area contributed by atoms with Crippen molar-refractivity contribution in [3.8, 4) is 0 Å². The van der Waals surface area contributed by atoms with Crippen molar-refractivity contribution < 1.29 is 9.90 Å². The van der Waals surface area contributed by atoms with Gasteiger partial charge in [0.1, 0.15) is 0 Å². The van der Waals surface area contributed by atoms with Crippen molar-refractivity contribution in [2.75, 3.05) is 31.6 Å². The maximum Gasteiger partial charge on any atom is 0.241 e. The minimum absolute atomic E-state index is 0.134. The Labute approximate surface area is 113 Å². The van der Waals surface area contributed by atoms with Gasteiger partial charge in [0.25, 0.3) is 0 Å². The molecule has 1 atom stereocenters. The van der Waals surface area contributed by atoms with Gasteiger partial charge in [-0.15, -0.1) is 0 Å². The summed E-state index contributed by atoms with van der Waals surface area (Å²) in [6.07, 6.45) is 2.85. The molecule has 1 amide bonds. The van der Waals surface area contributed by atoms with Gasteiger partial charge >= 0.3 is 0 Å². The number of amides is 1. The van der Waals surface area contributed by atoms with E-state index in [-0.39, 0.29) is 5.91 Å². The molecule has 5 heteroatoms. The molecule has 2 rings (SSSR count). The van der Waals surface area contributed by atoms with E-state index in [2.05, 4.69) is 4.98 Å². The molecular formula is C14H21N3O2. The first-order valence-electron chi connectivity index (χ1n) is 6.74. The summed E-state index contributed by atoms with van der Waals surface area (Å²) in [7, 11) is 1.84. The number of nitrogens with zero attached hydrogens (tertiary/aromatic N) is 3. The molecule has 0 radical (unpaired) electrons. The topological polar surface area (TPSA) is 56.7 Å². The van der Waals surface area contributed by atoms with E-state index in [0.29, 0.717) is 18.7 Å². The summed E-state index contributed by atoms with van der Waals surface area (Å²) in [6.45, 7) is 3.97. The predicted molar refractivity (Wildman–Crippen MR) is 74.0 cm³/mol. The second-order valence-corrected chi connectivity index (χ2v) is 4.96. The third-order valence-electron chi connectivity index (χ3n) is 3.54. The van der Waals surface area contributed by atoms with E-state index in [1.807, 2.05) is 31.0 Å². The van der Waals surface area contributed by atoms with Crippen LogP contribution in [-0.2, 0) is 4.79 Å². The summed E-state index contributed by atoms with van der Waals surface area (Å²) in [5.41, 5.74) is 1.63. The smallest absolute Gasteiger partial charge is 0.241 e. The van der Waals surface area contributed by atoms with Crippen LogP contribution < -0.4 is 4.90 Å². The normalized spacial score (nSPS) is 18.4. The molecule has 1 N–H and O–H groups in total. The lowest BCUT2D eigenvalue weighted by atomic mass is 10.2. The molecule has 0 saturated carbocycles. The van der Waals surface area contributed by atoms with Gasteiger partial charge < -0.3 is 14.9 Å². The molecule has 1 saturated heterocycles. The van der Waals surface area contributed by atoms with Crippen molar-refractivity contribution in [3.05, 3.63) is 24.0 Å². The van der Waals surface area contributed by atoms with Crippen LogP contribution in [0.25, 0.3) is 0 Å². The Morgan fingerprint density at radius 2 is 2.21 bits per heavy atom. The molecule has 2 heterocycles. The minimum Gasteiger partial charge on any atom is -0.387 e. The number of aromatic nitrogens is 1. The van der Waals surface area contributed by atoms with Crippen molar-refractivity contribution in [3.63, 3.8) is 0 Å². The van der Waals surface area contributed by atoms with Crippen molar-refractivity contribution in [2.45, 2.75) is 25.9 Å². The van der Waals surface area contributed by atoms with Crippen LogP contribution in [0, 0.1) is 0 Å². The molecule has 0 aromatic carbocycles. The predicted octanol–water partition coefficient (Wildman–Crippen LogP) is 1.19. The Bertz CT molecular complexity index is 433.